The number of H-pyrrole nitrogens is 1. The second kappa shape index (κ2) is 6.74. The molecule has 0 saturated carbocycles. The first-order valence-corrected chi connectivity index (χ1v) is 7.27. The summed E-state index contributed by atoms with van der Waals surface area (Å²) in [7, 11) is 1.46. The monoisotopic (exact) mass is 321 g/mol. The number of carbonyl (C=O) groups excluding carboxylic acids is 1. The third kappa shape index (κ3) is 3.30. The van der Waals surface area contributed by atoms with Gasteiger partial charge in [-0.15, -0.1) is 0 Å². The fraction of sp³-hybridized carbons (Fsp3) is 0.0588. The first-order valence-electron chi connectivity index (χ1n) is 7.27. The van der Waals surface area contributed by atoms with Gasteiger partial charge in [-0.3, -0.25) is 9.59 Å². The number of nitrogens with one attached hydrogen (secondary N) is 2. The zero-order valence-corrected chi connectivity index (χ0v) is 12.9. The van der Waals surface area contributed by atoms with Crippen molar-refractivity contribution in [2.75, 3.05) is 7.05 Å². The molecule has 1 aromatic carbocycles. The molecule has 0 aliphatic rings. The number of hydrogen-bond acceptors (Lipinski definition) is 4. The molecule has 0 saturated heterocycles. The molecule has 1 amide bonds. The van der Waals surface area contributed by atoms with Crippen LogP contribution in [-0.4, -0.2) is 32.7 Å². The van der Waals surface area contributed by atoms with Gasteiger partial charge in [0.05, 0.1) is 5.69 Å². The van der Waals surface area contributed by atoms with Crippen LogP contribution < -0.4 is 10.9 Å². The predicted octanol–water partition coefficient (Wildman–Crippen LogP) is 1.49. The molecule has 0 radical (unpaired) electrons. The lowest BCUT2D eigenvalue weighted by molar-refractivity contribution is 0.0961. The van der Waals surface area contributed by atoms with E-state index in [1.54, 1.807) is 17.0 Å². The van der Waals surface area contributed by atoms with E-state index in [9.17, 15) is 9.59 Å². The number of hydrogen-bond donors (Lipinski definition) is 2. The second-order valence-corrected chi connectivity index (χ2v) is 4.97. The van der Waals surface area contributed by atoms with E-state index in [1.165, 1.54) is 13.2 Å². The Morgan fingerprint density at radius 1 is 1.29 bits per heavy atom. The molecule has 2 aromatic heterocycles. The maximum atomic E-state index is 11.9. The van der Waals surface area contributed by atoms with Crippen molar-refractivity contribution in [1.29, 1.82) is 0 Å². The van der Waals surface area contributed by atoms with Crippen LogP contribution in [0.2, 0.25) is 0 Å². The van der Waals surface area contributed by atoms with E-state index in [2.05, 4.69) is 20.4 Å². The predicted molar refractivity (Wildman–Crippen MR) is 90.7 cm³/mol. The Bertz CT molecular complexity index is 942. The SMILES string of the molecule is CNC(=O)c1cnc(C=Cc2cccc(-n3cccn3)c2)[nH]c1=O. The number of rotatable bonds is 4. The molecule has 0 atom stereocenters. The van der Waals surface area contributed by atoms with E-state index in [1.807, 2.05) is 42.6 Å². The van der Waals surface area contributed by atoms with Gasteiger partial charge in [-0.2, -0.15) is 5.10 Å². The summed E-state index contributed by atoms with van der Waals surface area (Å²) in [5, 5.41) is 6.58. The lowest BCUT2D eigenvalue weighted by Crippen LogP contribution is -2.27. The molecule has 0 unspecified atom stereocenters. The fourth-order valence-corrected chi connectivity index (χ4v) is 2.16. The van der Waals surface area contributed by atoms with Gasteiger partial charge in [-0.25, -0.2) is 9.67 Å². The zero-order valence-electron chi connectivity index (χ0n) is 12.9. The molecule has 0 fully saturated rings. The largest absolute Gasteiger partial charge is 0.355 e. The zero-order chi connectivity index (χ0) is 16.9. The molecule has 120 valence electrons. The number of aromatic nitrogens is 4. The maximum Gasteiger partial charge on any atom is 0.263 e. The Hall–Kier alpha value is -3.48. The van der Waals surface area contributed by atoms with Gasteiger partial charge in [0.25, 0.3) is 11.5 Å². The first-order chi connectivity index (χ1) is 11.7. The van der Waals surface area contributed by atoms with Crippen LogP contribution in [0, 0.1) is 0 Å². The van der Waals surface area contributed by atoms with Crippen molar-refractivity contribution < 1.29 is 4.79 Å². The summed E-state index contributed by atoms with van der Waals surface area (Å²) in [5.41, 5.74) is 1.37. The molecule has 3 rings (SSSR count). The topological polar surface area (TPSA) is 92.7 Å². The summed E-state index contributed by atoms with van der Waals surface area (Å²) in [6.07, 6.45) is 8.34. The van der Waals surface area contributed by atoms with Gasteiger partial charge in [-0.1, -0.05) is 18.2 Å². The van der Waals surface area contributed by atoms with Gasteiger partial charge in [0.1, 0.15) is 11.4 Å². The van der Waals surface area contributed by atoms with Crippen LogP contribution in [0.4, 0.5) is 0 Å². The van der Waals surface area contributed by atoms with Crippen LogP contribution in [0.5, 0.6) is 0 Å². The molecule has 0 bridgehead atoms. The lowest BCUT2D eigenvalue weighted by Gasteiger charge is -2.02. The van der Waals surface area contributed by atoms with Crippen molar-refractivity contribution in [3.63, 3.8) is 0 Å². The summed E-state index contributed by atoms with van der Waals surface area (Å²) in [6.45, 7) is 0. The Kier molecular flexibility index (Phi) is 4.33. The molecule has 7 nitrogen and oxygen atoms in total. The summed E-state index contributed by atoms with van der Waals surface area (Å²) in [4.78, 5) is 30.0. The summed E-state index contributed by atoms with van der Waals surface area (Å²) >= 11 is 0. The Morgan fingerprint density at radius 3 is 2.88 bits per heavy atom. The summed E-state index contributed by atoms with van der Waals surface area (Å²) < 4.78 is 1.76. The minimum atomic E-state index is -0.478. The molecule has 24 heavy (non-hydrogen) atoms. The van der Waals surface area contributed by atoms with Crippen molar-refractivity contribution in [1.82, 2.24) is 25.1 Å². The van der Waals surface area contributed by atoms with Crippen LogP contribution in [0.1, 0.15) is 21.7 Å². The average molecular weight is 321 g/mol. The van der Waals surface area contributed by atoms with Gasteiger partial charge in [-0.05, 0) is 29.8 Å². The highest BCUT2D eigenvalue weighted by Crippen LogP contribution is 2.11. The van der Waals surface area contributed by atoms with E-state index in [0.29, 0.717) is 5.82 Å². The number of nitrogens with zero attached hydrogens (tertiary/aromatic N) is 3. The molecule has 7 heteroatoms. The Balaban J connectivity index is 1.84. The van der Waals surface area contributed by atoms with Gasteiger partial charge in [0, 0.05) is 25.6 Å². The number of carbonyl (C=O) groups is 1. The van der Waals surface area contributed by atoms with E-state index in [-0.39, 0.29) is 5.56 Å². The first kappa shape index (κ1) is 15.4. The molecular formula is C17H15N5O2. The highest BCUT2D eigenvalue weighted by atomic mass is 16.2. The standard InChI is InChI=1S/C17H15N5O2/c1-18-16(23)14-11-19-15(21-17(14)24)7-6-12-4-2-5-13(10-12)22-9-3-8-20-22/h2-11H,1H3,(H,18,23)(H,19,21,24). The molecule has 0 aliphatic carbocycles. The van der Waals surface area contributed by atoms with E-state index < -0.39 is 11.5 Å². The number of aromatic amines is 1. The van der Waals surface area contributed by atoms with Crippen LogP contribution in [0.3, 0.4) is 0 Å². The minimum Gasteiger partial charge on any atom is -0.355 e. The van der Waals surface area contributed by atoms with E-state index in [4.69, 9.17) is 0 Å². The average Bonchev–Trinajstić information content (AvgIpc) is 3.14. The second-order valence-electron chi connectivity index (χ2n) is 4.97. The maximum absolute atomic E-state index is 11.9. The molecule has 0 aliphatic heterocycles. The highest BCUT2D eigenvalue weighted by Gasteiger charge is 2.08. The van der Waals surface area contributed by atoms with Gasteiger partial charge in [0.15, 0.2) is 0 Å². The van der Waals surface area contributed by atoms with Crippen molar-refractivity contribution in [3.8, 4) is 5.69 Å². The normalized spacial score (nSPS) is 10.9. The van der Waals surface area contributed by atoms with Crippen LogP contribution in [-0.2, 0) is 0 Å². The molecular weight excluding hydrogens is 306 g/mol. The molecule has 2 heterocycles. The summed E-state index contributed by atoms with van der Waals surface area (Å²) in [5.74, 6) is -0.0941. The van der Waals surface area contributed by atoms with E-state index >= 15 is 0 Å². The number of amides is 1. The van der Waals surface area contributed by atoms with Crippen LogP contribution in [0.25, 0.3) is 17.8 Å². The summed E-state index contributed by atoms with van der Waals surface area (Å²) in [6, 6.07) is 9.61. The fourth-order valence-electron chi connectivity index (χ4n) is 2.16. The third-order valence-corrected chi connectivity index (χ3v) is 3.36. The van der Waals surface area contributed by atoms with Crippen molar-refractivity contribution in [2.45, 2.75) is 0 Å². The van der Waals surface area contributed by atoms with Crippen molar-refractivity contribution in [2.24, 2.45) is 0 Å². The third-order valence-electron chi connectivity index (χ3n) is 3.36. The minimum absolute atomic E-state index is 0.0182. The highest BCUT2D eigenvalue weighted by molar-refractivity contribution is 5.93. The van der Waals surface area contributed by atoms with Crippen molar-refractivity contribution in [3.05, 3.63) is 76.2 Å². The van der Waals surface area contributed by atoms with Gasteiger partial charge in [0.2, 0.25) is 0 Å². The smallest absolute Gasteiger partial charge is 0.263 e. The molecule has 3 aromatic rings. The molecule has 2 N–H and O–H groups in total. The van der Waals surface area contributed by atoms with Crippen LogP contribution >= 0.6 is 0 Å². The van der Waals surface area contributed by atoms with Crippen molar-refractivity contribution >= 4 is 18.1 Å². The van der Waals surface area contributed by atoms with E-state index in [0.717, 1.165) is 11.3 Å². The molecule has 0 spiro atoms. The quantitative estimate of drug-likeness (QED) is 0.761. The Labute approximate surface area is 137 Å². The lowest BCUT2D eigenvalue weighted by atomic mass is 10.2. The van der Waals surface area contributed by atoms with Gasteiger partial charge >= 0.3 is 0 Å². The Morgan fingerprint density at radius 2 is 2.17 bits per heavy atom. The van der Waals surface area contributed by atoms with Crippen LogP contribution in [0.15, 0.2) is 53.7 Å². The van der Waals surface area contributed by atoms with Gasteiger partial charge < -0.3 is 10.3 Å². The number of benzene rings is 1.